The highest BCUT2D eigenvalue weighted by molar-refractivity contribution is 5.98. The second-order valence-corrected chi connectivity index (χ2v) is 9.01. The standard InChI is InChI=1S/C27H33N3O7/c1-34-15-3-12-28-26(32)24(29-25(31)19-4-7-21(35-2)8-5-19)18-10-13-30(14-11-18)27(33)20-6-9-22-23(16-20)37-17-36-22/h4-9,16,18,24H,3,10-15,17H2,1-2H3,(H,28,32)(H,29,31)/t24-/m1/s1. The molecule has 0 radical (unpaired) electrons. The molecule has 2 heterocycles. The smallest absolute Gasteiger partial charge is 0.253 e. The summed E-state index contributed by atoms with van der Waals surface area (Å²) in [6, 6.07) is 11.2. The molecule has 3 amide bonds. The molecule has 2 aromatic carbocycles. The summed E-state index contributed by atoms with van der Waals surface area (Å²) in [5, 5.41) is 5.84. The van der Waals surface area contributed by atoms with Crippen LogP contribution < -0.4 is 24.8 Å². The van der Waals surface area contributed by atoms with Crippen molar-refractivity contribution in [2.45, 2.75) is 25.3 Å². The molecule has 4 rings (SSSR count). The molecule has 0 unspecified atom stereocenters. The predicted molar refractivity (Wildman–Crippen MR) is 135 cm³/mol. The van der Waals surface area contributed by atoms with Gasteiger partial charge in [-0.3, -0.25) is 14.4 Å². The summed E-state index contributed by atoms with van der Waals surface area (Å²) >= 11 is 0. The normalized spacial score (nSPS) is 15.7. The minimum absolute atomic E-state index is 0.0976. The summed E-state index contributed by atoms with van der Waals surface area (Å²) in [4.78, 5) is 41.0. The zero-order chi connectivity index (χ0) is 26.2. The van der Waals surface area contributed by atoms with E-state index in [0.717, 1.165) is 0 Å². The van der Waals surface area contributed by atoms with Crippen LogP contribution in [0, 0.1) is 5.92 Å². The molecule has 2 aliphatic heterocycles. The van der Waals surface area contributed by atoms with Crippen molar-refractivity contribution in [1.29, 1.82) is 0 Å². The van der Waals surface area contributed by atoms with Crippen molar-refractivity contribution in [3.05, 3.63) is 53.6 Å². The fraction of sp³-hybridized carbons (Fsp3) is 0.444. The Morgan fingerprint density at radius 1 is 1.00 bits per heavy atom. The maximum Gasteiger partial charge on any atom is 0.253 e. The van der Waals surface area contributed by atoms with Crippen LogP contribution in [0.2, 0.25) is 0 Å². The van der Waals surface area contributed by atoms with E-state index in [-0.39, 0.29) is 30.4 Å². The van der Waals surface area contributed by atoms with Crippen LogP contribution in [0.1, 0.15) is 40.0 Å². The summed E-state index contributed by atoms with van der Waals surface area (Å²) < 4.78 is 20.9. The van der Waals surface area contributed by atoms with Crippen LogP contribution in [-0.2, 0) is 9.53 Å². The van der Waals surface area contributed by atoms with E-state index >= 15 is 0 Å². The van der Waals surface area contributed by atoms with Gasteiger partial charge in [-0.25, -0.2) is 0 Å². The quantitative estimate of drug-likeness (QED) is 0.470. The average molecular weight is 512 g/mol. The van der Waals surface area contributed by atoms with Crippen LogP contribution in [0.5, 0.6) is 17.2 Å². The second-order valence-electron chi connectivity index (χ2n) is 9.01. The second kappa shape index (κ2) is 12.4. The molecular weight excluding hydrogens is 478 g/mol. The number of likely N-dealkylation sites (tertiary alicyclic amines) is 1. The number of carbonyl (C=O) groups excluding carboxylic acids is 3. The van der Waals surface area contributed by atoms with Gasteiger partial charge in [0.2, 0.25) is 12.7 Å². The minimum Gasteiger partial charge on any atom is -0.497 e. The van der Waals surface area contributed by atoms with Crippen LogP contribution in [0.25, 0.3) is 0 Å². The molecule has 2 N–H and O–H groups in total. The number of amides is 3. The van der Waals surface area contributed by atoms with Crippen LogP contribution >= 0.6 is 0 Å². The van der Waals surface area contributed by atoms with Gasteiger partial charge in [0, 0.05) is 44.5 Å². The van der Waals surface area contributed by atoms with E-state index in [0.29, 0.717) is 73.9 Å². The molecule has 0 saturated carbocycles. The topological polar surface area (TPSA) is 115 Å². The maximum absolute atomic E-state index is 13.1. The summed E-state index contributed by atoms with van der Waals surface area (Å²) in [7, 11) is 3.17. The molecule has 1 saturated heterocycles. The van der Waals surface area contributed by atoms with E-state index in [1.54, 1.807) is 61.6 Å². The third-order valence-electron chi connectivity index (χ3n) is 6.66. The zero-order valence-electron chi connectivity index (χ0n) is 21.2. The monoisotopic (exact) mass is 511 g/mol. The zero-order valence-corrected chi connectivity index (χ0v) is 21.2. The van der Waals surface area contributed by atoms with Crippen molar-refractivity contribution in [3.63, 3.8) is 0 Å². The first-order valence-electron chi connectivity index (χ1n) is 12.4. The number of benzene rings is 2. The number of carbonyl (C=O) groups is 3. The van der Waals surface area contributed by atoms with Crippen molar-refractivity contribution in [2.75, 3.05) is 47.3 Å². The molecule has 0 aliphatic carbocycles. The van der Waals surface area contributed by atoms with Crippen molar-refractivity contribution >= 4 is 17.7 Å². The molecule has 0 aromatic heterocycles. The fourth-order valence-electron chi connectivity index (χ4n) is 4.55. The van der Waals surface area contributed by atoms with Gasteiger partial charge < -0.3 is 34.5 Å². The van der Waals surface area contributed by atoms with Gasteiger partial charge >= 0.3 is 0 Å². The first kappa shape index (κ1) is 26.3. The maximum atomic E-state index is 13.1. The molecule has 0 bridgehead atoms. The van der Waals surface area contributed by atoms with E-state index in [2.05, 4.69) is 10.6 Å². The number of piperidine rings is 1. The van der Waals surface area contributed by atoms with E-state index in [1.807, 2.05) is 0 Å². The molecule has 2 aliphatic rings. The highest BCUT2D eigenvalue weighted by atomic mass is 16.7. The lowest BCUT2D eigenvalue weighted by Crippen LogP contribution is -2.54. The SMILES string of the molecule is COCCCNC(=O)[C@H](NC(=O)c1ccc(OC)cc1)C1CCN(C(=O)c2ccc3c(c2)OCO3)CC1. The molecule has 37 heavy (non-hydrogen) atoms. The highest BCUT2D eigenvalue weighted by Crippen LogP contribution is 2.33. The molecule has 198 valence electrons. The molecule has 2 aromatic rings. The van der Waals surface area contributed by atoms with Gasteiger partial charge in [-0.2, -0.15) is 0 Å². The first-order chi connectivity index (χ1) is 18.0. The van der Waals surface area contributed by atoms with Crippen molar-refractivity contribution in [3.8, 4) is 17.2 Å². The van der Waals surface area contributed by atoms with Gasteiger partial charge in [-0.15, -0.1) is 0 Å². The lowest BCUT2D eigenvalue weighted by Gasteiger charge is -2.36. The molecule has 1 atom stereocenters. The van der Waals surface area contributed by atoms with Crippen LogP contribution in [-0.4, -0.2) is 75.9 Å². The number of methoxy groups -OCH3 is 2. The lowest BCUT2D eigenvalue weighted by atomic mass is 9.88. The Labute approximate surface area is 216 Å². The Balaban J connectivity index is 1.40. The number of hydrogen-bond acceptors (Lipinski definition) is 7. The Hall–Kier alpha value is -3.79. The predicted octanol–water partition coefficient (Wildman–Crippen LogP) is 2.23. The van der Waals surface area contributed by atoms with Gasteiger partial charge in [-0.05, 0) is 67.6 Å². The van der Waals surface area contributed by atoms with Crippen LogP contribution in [0.4, 0.5) is 0 Å². The molecule has 0 spiro atoms. The third kappa shape index (κ3) is 6.51. The van der Waals surface area contributed by atoms with Gasteiger partial charge in [-0.1, -0.05) is 0 Å². The number of nitrogens with one attached hydrogen (secondary N) is 2. The Bertz CT molecular complexity index is 1100. The Morgan fingerprint density at radius 2 is 1.70 bits per heavy atom. The number of nitrogens with zero attached hydrogens (tertiary/aromatic N) is 1. The number of ether oxygens (including phenoxy) is 4. The first-order valence-corrected chi connectivity index (χ1v) is 12.4. The van der Waals surface area contributed by atoms with Crippen LogP contribution in [0.3, 0.4) is 0 Å². The van der Waals surface area contributed by atoms with E-state index in [1.165, 1.54) is 0 Å². The van der Waals surface area contributed by atoms with Crippen LogP contribution in [0.15, 0.2) is 42.5 Å². The van der Waals surface area contributed by atoms with E-state index < -0.39 is 6.04 Å². The van der Waals surface area contributed by atoms with Gasteiger partial charge in [0.1, 0.15) is 11.8 Å². The van der Waals surface area contributed by atoms with Crippen molar-refractivity contribution in [2.24, 2.45) is 5.92 Å². The number of hydrogen-bond donors (Lipinski definition) is 2. The summed E-state index contributed by atoms with van der Waals surface area (Å²) in [5.74, 6) is 1.04. The van der Waals surface area contributed by atoms with Gasteiger partial charge in [0.15, 0.2) is 11.5 Å². The molecule has 10 heteroatoms. The largest absolute Gasteiger partial charge is 0.497 e. The average Bonchev–Trinajstić information content (AvgIpc) is 3.41. The third-order valence-corrected chi connectivity index (χ3v) is 6.66. The molecular formula is C27H33N3O7. The molecule has 1 fully saturated rings. The number of rotatable bonds is 10. The minimum atomic E-state index is -0.722. The summed E-state index contributed by atoms with van der Waals surface area (Å²) in [6.07, 6.45) is 1.83. The Morgan fingerprint density at radius 3 is 2.41 bits per heavy atom. The van der Waals surface area contributed by atoms with Crippen molar-refractivity contribution < 1.29 is 33.3 Å². The van der Waals surface area contributed by atoms with Gasteiger partial charge in [0.25, 0.3) is 11.8 Å². The molecule has 10 nitrogen and oxygen atoms in total. The summed E-state index contributed by atoms with van der Waals surface area (Å²) in [5.41, 5.74) is 0.969. The highest BCUT2D eigenvalue weighted by Gasteiger charge is 2.34. The van der Waals surface area contributed by atoms with E-state index in [4.69, 9.17) is 18.9 Å². The Kier molecular flexibility index (Phi) is 8.84. The summed E-state index contributed by atoms with van der Waals surface area (Å²) in [6.45, 7) is 2.08. The fourth-order valence-corrected chi connectivity index (χ4v) is 4.55. The number of fused-ring (bicyclic) bond motifs is 1. The van der Waals surface area contributed by atoms with Crippen molar-refractivity contribution in [1.82, 2.24) is 15.5 Å². The van der Waals surface area contributed by atoms with E-state index in [9.17, 15) is 14.4 Å². The lowest BCUT2D eigenvalue weighted by molar-refractivity contribution is -0.124. The van der Waals surface area contributed by atoms with Gasteiger partial charge in [0.05, 0.1) is 7.11 Å².